The second-order valence-corrected chi connectivity index (χ2v) is 2.93. The van der Waals surface area contributed by atoms with Crippen LogP contribution >= 0.6 is 0 Å². The average Bonchev–Trinajstić information content (AvgIpc) is 2.22. The normalized spacial score (nSPS) is 12.8. The number of nitrogens with zero attached hydrogens (tertiary/aromatic N) is 1. The topological polar surface area (TPSA) is 12.4 Å². The summed E-state index contributed by atoms with van der Waals surface area (Å²) in [6.45, 7) is 6.11. The van der Waals surface area contributed by atoms with Gasteiger partial charge in [-0.3, -0.25) is 4.99 Å². The van der Waals surface area contributed by atoms with Gasteiger partial charge in [0.15, 0.2) is 0 Å². The van der Waals surface area contributed by atoms with Gasteiger partial charge in [0.05, 0.1) is 5.69 Å². The third-order valence-corrected chi connectivity index (χ3v) is 2.08. The lowest BCUT2D eigenvalue weighted by atomic mass is 10.0. The Hall–Kier alpha value is -1.11. The number of aliphatic imine (C=N–C) groups is 1. The first-order chi connectivity index (χ1) is 6.38. The summed E-state index contributed by atoms with van der Waals surface area (Å²) in [5.41, 5.74) is 3.88. The van der Waals surface area contributed by atoms with Crippen LogP contribution in [0.4, 0.5) is 5.69 Å². The molecular formula is C12H17N. The van der Waals surface area contributed by atoms with E-state index in [-0.39, 0.29) is 0 Å². The Morgan fingerprint density at radius 1 is 1.23 bits per heavy atom. The summed E-state index contributed by atoms with van der Waals surface area (Å²) in [6.07, 6.45) is 4.26. The van der Waals surface area contributed by atoms with E-state index in [4.69, 9.17) is 0 Å². The number of aryl methyl sites for hydroxylation is 2. The van der Waals surface area contributed by atoms with Crippen molar-refractivity contribution in [2.45, 2.75) is 33.6 Å². The summed E-state index contributed by atoms with van der Waals surface area (Å²) in [6, 6.07) is 6.38. The van der Waals surface area contributed by atoms with Crippen LogP contribution in [0.2, 0.25) is 0 Å². The van der Waals surface area contributed by atoms with E-state index in [1.165, 1.54) is 16.8 Å². The van der Waals surface area contributed by atoms with Gasteiger partial charge in [-0.1, -0.05) is 32.0 Å². The van der Waals surface area contributed by atoms with E-state index in [0.29, 0.717) is 0 Å². The van der Waals surface area contributed by atoms with Gasteiger partial charge in [0.25, 0.3) is 0 Å². The Kier molecular flexibility index (Phi) is 3.69. The van der Waals surface area contributed by atoms with Gasteiger partial charge < -0.3 is 0 Å². The van der Waals surface area contributed by atoms with Crippen molar-refractivity contribution >= 4 is 11.9 Å². The smallest absolute Gasteiger partial charge is 0.0686 e. The van der Waals surface area contributed by atoms with Crippen molar-refractivity contribution in [3.8, 4) is 0 Å². The molecule has 1 nitrogen and oxygen atoms in total. The maximum Gasteiger partial charge on any atom is 0.0686 e. The van der Waals surface area contributed by atoms with Crippen molar-refractivity contribution in [1.82, 2.24) is 0 Å². The molecule has 0 bridgehead atoms. The molecule has 1 aliphatic heterocycles. The molecule has 0 saturated heterocycles. The third kappa shape index (κ3) is 2.18. The predicted octanol–water partition coefficient (Wildman–Crippen LogP) is 3.67. The number of fused-ring (bicyclic) bond motifs is 1. The molecule has 70 valence electrons. The minimum absolute atomic E-state index is 1.09. The van der Waals surface area contributed by atoms with Crippen LogP contribution in [0.25, 0.3) is 0 Å². The molecule has 1 heterocycles. The first-order valence-electron chi connectivity index (χ1n) is 4.99. The number of para-hydroxylation sites is 1. The van der Waals surface area contributed by atoms with Gasteiger partial charge in [-0.2, -0.15) is 0 Å². The molecule has 0 radical (unpaired) electrons. The van der Waals surface area contributed by atoms with Crippen molar-refractivity contribution in [1.29, 1.82) is 0 Å². The summed E-state index contributed by atoms with van der Waals surface area (Å²) in [4.78, 5) is 4.37. The lowest BCUT2D eigenvalue weighted by Gasteiger charge is -2.10. The predicted molar refractivity (Wildman–Crippen MR) is 59.0 cm³/mol. The van der Waals surface area contributed by atoms with E-state index in [9.17, 15) is 0 Å². The SMILES string of the molecule is CC.Cc1cccc2c1N=CCC2. The Morgan fingerprint density at radius 2 is 2.00 bits per heavy atom. The molecule has 0 aliphatic carbocycles. The standard InChI is InChI=1S/C10H11N.C2H6/c1-8-4-2-5-9-6-3-7-11-10(8)9;1-2/h2,4-5,7H,3,6H2,1H3;1-2H3. The van der Waals surface area contributed by atoms with Gasteiger partial charge in [-0.25, -0.2) is 0 Å². The highest BCUT2D eigenvalue weighted by Gasteiger charge is 2.05. The zero-order valence-corrected chi connectivity index (χ0v) is 8.67. The lowest BCUT2D eigenvalue weighted by molar-refractivity contribution is 1.02. The molecule has 0 aromatic heterocycles. The minimum Gasteiger partial charge on any atom is -0.261 e. The summed E-state index contributed by atoms with van der Waals surface area (Å²) < 4.78 is 0. The van der Waals surface area contributed by atoms with Gasteiger partial charge in [-0.15, -0.1) is 0 Å². The van der Waals surface area contributed by atoms with Crippen LogP contribution in [0.15, 0.2) is 23.2 Å². The molecule has 2 rings (SSSR count). The number of hydrogen-bond donors (Lipinski definition) is 0. The fraction of sp³-hybridized carbons (Fsp3) is 0.417. The third-order valence-electron chi connectivity index (χ3n) is 2.08. The molecule has 0 amide bonds. The van der Waals surface area contributed by atoms with E-state index in [2.05, 4.69) is 30.1 Å². The molecule has 1 aromatic carbocycles. The van der Waals surface area contributed by atoms with Gasteiger partial charge >= 0.3 is 0 Å². The molecule has 1 aliphatic rings. The van der Waals surface area contributed by atoms with Crippen LogP contribution in [0.1, 0.15) is 31.4 Å². The molecule has 0 atom stereocenters. The van der Waals surface area contributed by atoms with E-state index in [1.807, 2.05) is 20.1 Å². The molecule has 1 heteroatoms. The first-order valence-corrected chi connectivity index (χ1v) is 4.99. The van der Waals surface area contributed by atoms with Crippen molar-refractivity contribution < 1.29 is 0 Å². The van der Waals surface area contributed by atoms with Crippen molar-refractivity contribution in [3.63, 3.8) is 0 Å². The maximum atomic E-state index is 4.37. The summed E-state index contributed by atoms with van der Waals surface area (Å²) in [5, 5.41) is 0. The number of hydrogen-bond acceptors (Lipinski definition) is 1. The molecular weight excluding hydrogens is 158 g/mol. The maximum absolute atomic E-state index is 4.37. The van der Waals surface area contributed by atoms with Crippen LogP contribution in [0.3, 0.4) is 0 Å². The summed E-state index contributed by atoms with van der Waals surface area (Å²) >= 11 is 0. The first kappa shape index (κ1) is 9.97. The van der Waals surface area contributed by atoms with Crippen molar-refractivity contribution in [2.24, 2.45) is 4.99 Å². The van der Waals surface area contributed by atoms with Crippen LogP contribution in [-0.2, 0) is 6.42 Å². The Morgan fingerprint density at radius 3 is 2.69 bits per heavy atom. The van der Waals surface area contributed by atoms with Gasteiger partial charge in [0.2, 0.25) is 0 Å². The van der Waals surface area contributed by atoms with Crippen LogP contribution in [-0.4, -0.2) is 6.21 Å². The van der Waals surface area contributed by atoms with E-state index in [0.717, 1.165) is 12.8 Å². The zero-order chi connectivity index (χ0) is 9.68. The molecule has 0 unspecified atom stereocenters. The highest BCUT2D eigenvalue weighted by Crippen LogP contribution is 2.26. The summed E-state index contributed by atoms with van der Waals surface area (Å²) in [5.74, 6) is 0. The Bertz CT molecular complexity index is 300. The van der Waals surface area contributed by atoms with Crippen LogP contribution in [0, 0.1) is 6.92 Å². The Balaban J connectivity index is 0.000000396. The quantitative estimate of drug-likeness (QED) is 0.570. The monoisotopic (exact) mass is 175 g/mol. The second-order valence-electron chi connectivity index (χ2n) is 2.93. The second kappa shape index (κ2) is 4.80. The molecule has 13 heavy (non-hydrogen) atoms. The summed E-state index contributed by atoms with van der Waals surface area (Å²) in [7, 11) is 0. The van der Waals surface area contributed by atoms with Crippen molar-refractivity contribution in [2.75, 3.05) is 0 Å². The van der Waals surface area contributed by atoms with Crippen LogP contribution < -0.4 is 0 Å². The minimum atomic E-state index is 1.09. The fourth-order valence-electron chi connectivity index (χ4n) is 1.48. The highest BCUT2D eigenvalue weighted by molar-refractivity contribution is 5.70. The van der Waals surface area contributed by atoms with Gasteiger partial charge in [-0.05, 0) is 30.9 Å². The molecule has 1 aromatic rings. The molecule has 0 fully saturated rings. The molecule has 0 spiro atoms. The van der Waals surface area contributed by atoms with Gasteiger partial charge in [0, 0.05) is 6.21 Å². The van der Waals surface area contributed by atoms with Gasteiger partial charge in [0.1, 0.15) is 0 Å². The largest absolute Gasteiger partial charge is 0.261 e. The Labute approximate surface area is 80.5 Å². The number of rotatable bonds is 0. The van der Waals surface area contributed by atoms with Crippen molar-refractivity contribution in [3.05, 3.63) is 29.3 Å². The molecule has 0 N–H and O–H groups in total. The number of benzene rings is 1. The van der Waals surface area contributed by atoms with E-state index < -0.39 is 0 Å². The molecule has 0 saturated carbocycles. The zero-order valence-electron chi connectivity index (χ0n) is 8.67. The van der Waals surface area contributed by atoms with Crippen LogP contribution in [0.5, 0.6) is 0 Å². The average molecular weight is 175 g/mol. The van der Waals surface area contributed by atoms with E-state index >= 15 is 0 Å². The lowest BCUT2D eigenvalue weighted by Crippen LogP contribution is -1.94. The fourth-order valence-corrected chi connectivity index (χ4v) is 1.48. The van der Waals surface area contributed by atoms with E-state index in [1.54, 1.807) is 0 Å². The highest BCUT2D eigenvalue weighted by atomic mass is 14.7.